The van der Waals surface area contributed by atoms with Crippen LogP contribution in [0.15, 0.2) is 48.8 Å². The zero-order valence-corrected chi connectivity index (χ0v) is 13.9. The van der Waals surface area contributed by atoms with Gasteiger partial charge >= 0.3 is 11.9 Å². The Morgan fingerprint density at radius 2 is 1.31 bits per heavy atom. The minimum atomic E-state index is -1.53. The summed E-state index contributed by atoms with van der Waals surface area (Å²) in [5.74, 6) is -6.66. The first-order valence-electron chi connectivity index (χ1n) is 7.96. The van der Waals surface area contributed by atoms with Gasteiger partial charge in [-0.15, -0.1) is 0 Å². The molecule has 2 N–H and O–H groups in total. The quantitative estimate of drug-likeness (QED) is 0.784. The van der Waals surface area contributed by atoms with Crippen molar-refractivity contribution < 1.29 is 24.6 Å². The second-order valence-corrected chi connectivity index (χ2v) is 6.10. The Morgan fingerprint density at radius 1 is 0.885 bits per heavy atom. The molecule has 8 heteroatoms. The lowest BCUT2D eigenvalue weighted by Gasteiger charge is -2.44. The summed E-state index contributed by atoms with van der Waals surface area (Å²) in [5, 5.41) is 19.3. The van der Waals surface area contributed by atoms with E-state index in [0.717, 1.165) is 0 Å². The Kier molecular flexibility index (Phi) is 4.77. The van der Waals surface area contributed by atoms with Crippen LogP contribution in [0.2, 0.25) is 0 Å². The van der Waals surface area contributed by atoms with Crippen molar-refractivity contribution in [3.05, 3.63) is 60.2 Å². The zero-order valence-electron chi connectivity index (χ0n) is 13.9. The molecule has 0 aliphatic carbocycles. The van der Waals surface area contributed by atoms with Crippen molar-refractivity contribution in [2.45, 2.75) is 12.1 Å². The summed E-state index contributed by atoms with van der Waals surface area (Å²) in [4.78, 5) is 46.5. The van der Waals surface area contributed by atoms with E-state index in [9.17, 15) is 24.6 Å². The van der Waals surface area contributed by atoms with E-state index in [1.54, 1.807) is 48.3 Å². The molecule has 8 nitrogen and oxygen atoms in total. The fourth-order valence-electron chi connectivity index (χ4n) is 3.52. The van der Waals surface area contributed by atoms with Gasteiger partial charge in [0.2, 0.25) is 0 Å². The maximum absolute atomic E-state index is 12.9. The van der Waals surface area contributed by atoms with Crippen molar-refractivity contribution in [2.75, 3.05) is 7.05 Å². The van der Waals surface area contributed by atoms with E-state index in [1.807, 2.05) is 0 Å². The van der Waals surface area contributed by atoms with Crippen LogP contribution in [0.1, 0.15) is 23.5 Å². The average molecular weight is 355 g/mol. The minimum Gasteiger partial charge on any atom is -0.481 e. The molecule has 0 bridgehead atoms. The van der Waals surface area contributed by atoms with E-state index in [2.05, 4.69) is 9.97 Å². The number of hydrogen-bond acceptors (Lipinski definition) is 6. The van der Waals surface area contributed by atoms with E-state index in [4.69, 9.17) is 0 Å². The van der Waals surface area contributed by atoms with Gasteiger partial charge in [0.1, 0.15) is 11.8 Å². The molecule has 4 unspecified atom stereocenters. The lowest BCUT2D eigenvalue weighted by molar-refractivity contribution is -0.164. The molecule has 0 saturated carbocycles. The van der Waals surface area contributed by atoms with Crippen LogP contribution in [0.5, 0.6) is 0 Å². The Balaban J connectivity index is 2.17. The van der Waals surface area contributed by atoms with E-state index in [0.29, 0.717) is 11.4 Å². The third kappa shape index (κ3) is 2.95. The summed E-state index contributed by atoms with van der Waals surface area (Å²) in [6, 6.07) is 8.20. The van der Waals surface area contributed by atoms with E-state index >= 15 is 0 Å². The molecular weight excluding hydrogens is 338 g/mol. The number of ketones is 1. The number of carbonyl (C=O) groups is 3. The van der Waals surface area contributed by atoms with Gasteiger partial charge in [0.05, 0.1) is 23.5 Å². The third-order valence-electron chi connectivity index (χ3n) is 4.64. The lowest BCUT2D eigenvalue weighted by atomic mass is 9.75. The van der Waals surface area contributed by atoms with Gasteiger partial charge in [-0.3, -0.25) is 29.3 Å². The number of carbonyl (C=O) groups excluding carboxylic acids is 1. The monoisotopic (exact) mass is 355 g/mol. The summed E-state index contributed by atoms with van der Waals surface area (Å²) >= 11 is 0. The first kappa shape index (κ1) is 17.7. The molecule has 0 amide bonds. The second-order valence-electron chi connectivity index (χ2n) is 6.10. The molecule has 2 aromatic heterocycles. The van der Waals surface area contributed by atoms with E-state index in [1.165, 1.54) is 12.4 Å². The SMILES string of the molecule is CN1C(c2ccccn2)C(C(=O)O)C(=O)C(C(=O)O)C1c1ccccn1. The van der Waals surface area contributed by atoms with Crippen molar-refractivity contribution in [1.82, 2.24) is 14.9 Å². The van der Waals surface area contributed by atoms with Gasteiger partial charge in [0.15, 0.2) is 5.78 Å². The highest BCUT2D eigenvalue weighted by molar-refractivity contribution is 6.09. The number of aromatic nitrogens is 2. The van der Waals surface area contributed by atoms with Crippen LogP contribution in [-0.2, 0) is 14.4 Å². The van der Waals surface area contributed by atoms with Gasteiger partial charge < -0.3 is 10.2 Å². The first-order chi connectivity index (χ1) is 12.4. The van der Waals surface area contributed by atoms with Gasteiger partial charge in [0, 0.05) is 12.4 Å². The second kappa shape index (κ2) is 7.01. The number of likely N-dealkylation sites (tertiary alicyclic amines) is 1. The number of hydrogen-bond donors (Lipinski definition) is 2. The Hall–Kier alpha value is -3.13. The topological polar surface area (TPSA) is 121 Å². The molecule has 0 radical (unpaired) electrons. The summed E-state index contributed by atoms with van der Waals surface area (Å²) < 4.78 is 0. The Bertz CT molecular complexity index is 760. The maximum Gasteiger partial charge on any atom is 0.316 e. The Morgan fingerprint density at radius 3 is 1.62 bits per heavy atom. The van der Waals surface area contributed by atoms with Crippen LogP contribution in [-0.4, -0.2) is 49.9 Å². The molecule has 4 atom stereocenters. The highest BCUT2D eigenvalue weighted by Crippen LogP contribution is 2.44. The van der Waals surface area contributed by atoms with Gasteiger partial charge in [-0.1, -0.05) is 12.1 Å². The zero-order chi connectivity index (χ0) is 18.8. The molecule has 3 rings (SSSR count). The molecule has 26 heavy (non-hydrogen) atoms. The van der Waals surface area contributed by atoms with Crippen molar-refractivity contribution in [3.8, 4) is 0 Å². The largest absolute Gasteiger partial charge is 0.481 e. The molecule has 0 aromatic carbocycles. The van der Waals surface area contributed by atoms with Gasteiger partial charge in [-0.2, -0.15) is 0 Å². The summed E-state index contributed by atoms with van der Waals surface area (Å²) in [6.07, 6.45) is 3.01. The maximum atomic E-state index is 12.9. The number of carboxylic acids is 2. The molecule has 3 heterocycles. The Labute approximate surface area is 149 Å². The lowest BCUT2D eigenvalue weighted by Crippen LogP contribution is -2.54. The van der Waals surface area contributed by atoms with Crippen LogP contribution >= 0.6 is 0 Å². The predicted octanol–water partition coefficient (Wildman–Crippen LogP) is 1.18. The van der Waals surface area contributed by atoms with Crippen LogP contribution in [0.3, 0.4) is 0 Å². The number of aliphatic carboxylic acids is 2. The molecule has 1 saturated heterocycles. The molecule has 1 fully saturated rings. The fourth-order valence-corrected chi connectivity index (χ4v) is 3.52. The normalized spacial score (nSPS) is 26.4. The molecule has 2 aromatic rings. The first-order valence-corrected chi connectivity index (χ1v) is 7.96. The average Bonchev–Trinajstić information content (AvgIpc) is 2.63. The highest BCUT2D eigenvalue weighted by atomic mass is 16.4. The van der Waals surface area contributed by atoms with Crippen LogP contribution in [0.25, 0.3) is 0 Å². The van der Waals surface area contributed by atoms with Crippen molar-refractivity contribution in [1.29, 1.82) is 0 Å². The van der Waals surface area contributed by atoms with E-state index in [-0.39, 0.29) is 0 Å². The van der Waals surface area contributed by atoms with Crippen molar-refractivity contribution >= 4 is 17.7 Å². The van der Waals surface area contributed by atoms with Crippen molar-refractivity contribution in [3.63, 3.8) is 0 Å². The predicted molar refractivity (Wildman–Crippen MR) is 89.0 cm³/mol. The number of piperidine rings is 1. The fraction of sp³-hybridized carbons (Fsp3) is 0.278. The molecule has 0 spiro atoms. The van der Waals surface area contributed by atoms with Gasteiger partial charge in [0.25, 0.3) is 0 Å². The van der Waals surface area contributed by atoms with E-state index < -0.39 is 41.6 Å². The number of rotatable bonds is 4. The summed E-state index contributed by atoms with van der Waals surface area (Å²) in [7, 11) is 1.59. The minimum absolute atomic E-state index is 0.389. The smallest absolute Gasteiger partial charge is 0.316 e. The number of carboxylic acid groups (broad SMARTS) is 2. The molecule has 1 aliphatic heterocycles. The van der Waals surface area contributed by atoms with Gasteiger partial charge in [-0.25, -0.2) is 0 Å². The summed E-state index contributed by atoms with van der Waals surface area (Å²) in [5.41, 5.74) is 0.779. The molecule has 1 aliphatic rings. The number of pyridine rings is 2. The van der Waals surface area contributed by atoms with Crippen LogP contribution in [0, 0.1) is 11.8 Å². The third-order valence-corrected chi connectivity index (χ3v) is 4.64. The molecular formula is C18H17N3O5. The standard InChI is InChI=1S/C18H17N3O5/c1-21-14(10-6-2-4-8-19-10)12(17(23)24)16(22)13(18(25)26)15(21)11-7-3-5-9-20-11/h2-9,12-15H,1H3,(H,23,24)(H,25,26). The van der Waals surface area contributed by atoms with Crippen LogP contribution < -0.4 is 0 Å². The van der Waals surface area contributed by atoms with Gasteiger partial charge in [-0.05, 0) is 31.3 Å². The number of nitrogens with zero attached hydrogens (tertiary/aromatic N) is 3. The van der Waals surface area contributed by atoms with Crippen LogP contribution in [0.4, 0.5) is 0 Å². The van der Waals surface area contributed by atoms with Crippen molar-refractivity contribution in [2.24, 2.45) is 11.8 Å². The number of Topliss-reactive ketones (excluding diaryl/α,β-unsaturated/α-hetero) is 1. The summed E-state index contributed by atoms with van der Waals surface area (Å²) in [6.45, 7) is 0. The highest BCUT2D eigenvalue weighted by Gasteiger charge is 2.55. The molecule has 134 valence electrons.